The number of nitrogens with zero attached hydrogens (tertiary/aromatic N) is 2. The van der Waals surface area contributed by atoms with E-state index in [0.29, 0.717) is 30.9 Å². The molecule has 0 fully saturated rings. The van der Waals surface area contributed by atoms with Gasteiger partial charge in [-0.15, -0.1) is 0 Å². The first-order valence-corrected chi connectivity index (χ1v) is 13.7. The molecular formula is C26H37N3O5S. The molecule has 9 heteroatoms. The van der Waals surface area contributed by atoms with Crippen LogP contribution in [0.15, 0.2) is 54.6 Å². The van der Waals surface area contributed by atoms with Crippen LogP contribution in [0, 0.1) is 0 Å². The third-order valence-corrected chi connectivity index (χ3v) is 6.90. The molecule has 0 aliphatic carbocycles. The zero-order valence-electron chi connectivity index (χ0n) is 21.1. The molecular weight excluding hydrogens is 466 g/mol. The van der Waals surface area contributed by atoms with E-state index < -0.39 is 16.1 Å². The number of carbonyl (C=O) groups excluding carboxylic acids is 2. The molecule has 2 amide bonds. The van der Waals surface area contributed by atoms with Crippen molar-refractivity contribution in [2.45, 2.75) is 52.1 Å². The van der Waals surface area contributed by atoms with Crippen molar-refractivity contribution >= 4 is 27.5 Å². The lowest BCUT2D eigenvalue weighted by molar-refractivity contribution is -0.140. The molecule has 0 aromatic heterocycles. The second-order valence-corrected chi connectivity index (χ2v) is 10.4. The number of unbranched alkanes of at least 4 members (excludes halogenated alkanes) is 1. The van der Waals surface area contributed by atoms with Gasteiger partial charge in [-0.2, -0.15) is 0 Å². The summed E-state index contributed by atoms with van der Waals surface area (Å²) in [6.07, 6.45) is 3.41. The van der Waals surface area contributed by atoms with Crippen LogP contribution in [0.2, 0.25) is 0 Å². The molecule has 192 valence electrons. The average Bonchev–Trinajstić information content (AvgIpc) is 2.84. The molecule has 1 N–H and O–H groups in total. The number of rotatable bonds is 14. The van der Waals surface area contributed by atoms with Crippen LogP contribution in [0.5, 0.6) is 5.75 Å². The summed E-state index contributed by atoms with van der Waals surface area (Å²) in [7, 11) is -2.00. The standard InChI is InChI=1S/C26H37N3O5S/c1-5-6-18-27-26(31)21(2)28(20-22-11-8-7-9-12-22)25(30)13-10-19-29(35(4,32)33)23-14-16-24(34-3)17-15-23/h7-9,11-12,14-17,21H,5-6,10,13,18-20H2,1-4H3,(H,27,31)/t21-/m1/s1. The molecule has 8 nitrogen and oxygen atoms in total. The number of methoxy groups -OCH3 is 1. The van der Waals surface area contributed by atoms with Crippen molar-refractivity contribution in [3.8, 4) is 5.75 Å². The van der Waals surface area contributed by atoms with Crippen molar-refractivity contribution < 1.29 is 22.7 Å². The first-order valence-electron chi connectivity index (χ1n) is 11.9. The highest BCUT2D eigenvalue weighted by Gasteiger charge is 2.26. The van der Waals surface area contributed by atoms with Crippen molar-refractivity contribution in [3.05, 3.63) is 60.2 Å². The van der Waals surface area contributed by atoms with Crippen molar-refractivity contribution in [3.63, 3.8) is 0 Å². The lowest BCUT2D eigenvalue weighted by atomic mass is 10.1. The normalized spacial score (nSPS) is 12.0. The van der Waals surface area contributed by atoms with Gasteiger partial charge in [0.25, 0.3) is 0 Å². The van der Waals surface area contributed by atoms with Crippen LogP contribution >= 0.6 is 0 Å². The van der Waals surface area contributed by atoms with Crippen LogP contribution in [0.3, 0.4) is 0 Å². The summed E-state index contributed by atoms with van der Waals surface area (Å²) in [6.45, 7) is 4.79. The van der Waals surface area contributed by atoms with E-state index >= 15 is 0 Å². The minimum absolute atomic E-state index is 0.113. The molecule has 0 bridgehead atoms. The third-order valence-electron chi connectivity index (χ3n) is 5.71. The summed E-state index contributed by atoms with van der Waals surface area (Å²) >= 11 is 0. The van der Waals surface area contributed by atoms with Crippen molar-refractivity contribution in [1.29, 1.82) is 0 Å². The highest BCUT2D eigenvalue weighted by Crippen LogP contribution is 2.22. The Balaban J connectivity index is 2.11. The van der Waals surface area contributed by atoms with Gasteiger partial charge in [0, 0.05) is 26.1 Å². The van der Waals surface area contributed by atoms with Gasteiger partial charge in [0.1, 0.15) is 11.8 Å². The van der Waals surface area contributed by atoms with Crippen molar-refractivity contribution in [1.82, 2.24) is 10.2 Å². The highest BCUT2D eigenvalue weighted by atomic mass is 32.2. The Morgan fingerprint density at radius 3 is 2.26 bits per heavy atom. The van der Waals surface area contributed by atoms with Crippen LogP contribution in [0.25, 0.3) is 0 Å². The van der Waals surface area contributed by atoms with E-state index in [4.69, 9.17) is 4.74 Å². The maximum absolute atomic E-state index is 13.2. The molecule has 0 unspecified atom stereocenters. The quantitative estimate of drug-likeness (QED) is 0.398. The first kappa shape index (κ1) is 28.2. The fourth-order valence-corrected chi connectivity index (χ4v) is 4.62. The van der Waals surface area contributed by atoms with Gasteiger partial charge in [-0.25, -0.2) is 8.42 Å². The third kappa shape index (κ3) is 8.90. The maximum atomic E-state index is 13.2. The smallest absolute Gasteiger partial charge is 0.242 e. The lowest BCUT2D eigenvalue weighted by Crippen LogP contribution is -2.47. The Bertz CT molecular complexity index is 1040. The average molecular weight is 504 g/mol. The predicted molar refractivity (Wildman–Crippen MR) is 139 cm³/mol. The fourth-order valence-electron chi connectivity index (χ4n) is 3.65. The second-order valence-electron chi connectivity index (χ2n) is 8.46. The highest BCUT2D eigenvalue weighted by molar-refractivity contribution is 7.92. The second kappa shape index (κ2) is 13.7. The first-order chi connectivity index (χ1) is 16.7. The monoisotopic (exact) mass is 503 g/mol. The van der Waals surface area contributed by atoms with Gasteiger partial charge in [-0.1, -0.05) is 43.7 Å². The minimum Gasteiger partial charge on any atom is -0.497 e. The van der Waals surface area contributed by atoms with E-state index in [0.717, 1.165) is 24.7 Å². The van der Waals surface area contributed by atoms with E-state index in [1.165, 1.54) is 4.31 Å². The summed E-state index contributed by atoms with van der Waals surface area (Å²) < 4.78 is 31.2. The molecule has 0 aliphatic rings. The van der Waals surface area contributed by atoms with Crippen LogP contribution in [-0.4, -0.2) is 57.6 Å². The van der Waals surface area contributed by atoms with E-state index in [1.54, 1.807) is 43.2 Å². The lowest BCUT2D eigenvalue weighted by Gasteiger charge is -2.29. The summed E-state index contributed by atoms with van der Waals surface area (Å²) in [4.78, 5) is 27.5. The molecule has 35 heavy (non-hydrogen) atoms. The molecule has 0 saturated carbocycles. The van der Waals surface area contributed by atoms with Crippen LogP contribution < -0.4 is 14.4 Å². The maximum Gasteiger partial charge on any atom is 0.242 e. The number of hydrogen-bond donors (Lipinski definition) is 1. The Labute approximate surface area is 209 Å². The zero-order valence-corrected chi connectivity index (χ0v) is 21.9. The number of carbonyl (C=O) groups is 2. The number of nitrogens with one attached hydrogen (secondary N) is 1. The SMILES string of the molecule is CCCCNC(=O)[C@@H](C)N(Cc1ccccc1)C(=O)CCCN(c1ccc(OC)cc1)S(C)(=O)=O. The van der Waals surface area contributed by atoms with Crippen LogP contribution in [0.4, 0.5) is 5.69 Å². The number of sulfonamides is 1. The van der Waals surface area contributed by atoms with E-state index in [2.05, 4.69) is 5.32 Å². The van der Waals surface area contributed by atoms with E-state index in [9.17, 15) is 18.0 Å². The molecule has 0 heterocycles. The summed E-state index contributed by atoms with van der Waals surface area (Å²) in [6, 6.07) is 15.6. The number of ether oxygens (including phenoxy) is 1. The Kier molecular flexibility index (Phi) is 11.0. The van der Waals surface area contributed by atoms with Crippen LogP contribution in [0.1, 0.15) is 45.1 Å². The summed E-state index contributed by atoms with van der Waals surface area (Å²) in [5.41, 5.74) is 1.43. The Morgan fingerprint density at radius 2 is 1.69 bits per heavy atom. The Morgan fingerprint density at radius 1 is 1.03 bits per heavy atom. The largest absolute Gasteiger partial charge is 0.497 e. The van der Waals surface area contributed by atoms with Crippen LogP contribution in [-0.2, 0) is 26.2 Å². The van der Waals surface area contributed by atoms with E-state index in [-0.39, 0.29) is 24.8 Å². The summed E-state index contributed by atoms with van der Waals surface area (Å²) in [5.74, 6) is 0.231. The topological polar surface area (TPSA) is 96.0 Å². The van der Waals surface area contributed by atoms with Gasteiger partial charge in [-0.3, -0.25) is 13.9 Å². The molecule has 2 aromatic carbocycles. The number of hydrogen-bond acceptors (Lipinski definition) is 5. The van der Waals surface area contributed by atoms with Gasteiger partial charge in [-0.05, 0) is 49.6 Å². The van der Waals surface area contributed by atoms with E-state index in [1.807, 2.05) is 37.3 Å². The molecule has 0 radical (unpaired) electrons. The van der Waals surface area contributed by atoms with Gasteiger partial charge < -0.3 is 15.0 Å². The molecule has 1 atom stereocenters. The molecule has 2 rings (SSSR count). The van der Waals surface area contributed by atoms with Gasteiger partial charge in [0.2, 0.25) is 21.8 Å². The summed E-state index contributed by atoms with van der Waals surface area (Å²) in [5, 5.41) is 2.90. The molecule has 0 aliphatic heterocycles. The Hall–Kier alpha value is -3.07. The predicted octanol–water partition coefficient (Wildman–Crippen LogP) is 3.58. The van der Waals surface area contributed by atoms with Crippen molar-refractivity contribution in [2.24, 2.45) is 0 Å². The molecule has 2 aromatic rings. The number of amides is 2. The van der Waals surface area contributed by atoms with Gasteiger partial charge in [0.15, 0.2) is 0 Å². The van der Waals surface area contributed by atoms with Gasteiger partial charge in [0.05, 0.1) is 19.1 Å². The molecule has 0 saturated heterocycles. The number of benzene rings is 2. The fraction of sp³-hybridized carbons (Fsp3) is 0.462. The molecule has 0 spiro atoms. The minimum atomic E-state index is -3.54. The van der Waals surface area contributed by atoms with Gasteiger partial charge >= 0.3 is 0 Å². The van der Waals surface area contributed by atoms with Crippen molar-refractivity contribution in [2.75, 3.05) is 30.8 Å². The zero-order chi connectivity index (χ0) is 25.8. The number of anilines is 1.